The minimum absolute atomic E-state index is 0. The number of thiazole rings is 1. The Bertz CT molecular complexity index is 357. The van der Waals surface area contributed by atoms with Gasteiger partial charge in [0.05, 0.1) is 13.2 Å². The van der Waals surface area contributed by atoms with Gasteiger partial charge in [-0.15, -0.1) is 35.3 Å². The predicted octanol–water partition coefficient (Wildman–Crippen LogP) is 1.77. The minimum Gasteiger partial charge on any atom is -0.380 e. The van der Waals surface area contributed by atoms with Gasteiger partial charge in [-0.3, -0.25) is 4.99 Å². The van der Waals surface area contributed by atoms with Gasteiger partial charge in [-0.05, 0) is 13.8 Å². The Hall–Kier alpha value is -0.410. The number of nitrogens with zero attached hydrogens (tertiary/aromatic N) is 2. The molecule has 0 atom stereocenters. The summed E-state index contributed by atoms with van der Waals surface area (Å²) in [6, 6.07) is 0. The van der Waals surface area contributed by atoms with Crippen LogP contribution in [0.5, 0.6) is 0 Å². The van der Waals surface area contributed by atoms with Crippen molar-refractivity contribution in [2.75, 3.05) is 26.8 Å². The molecule has 5 nitrogen and oxygen atoms in total. The molecule has 0 saturated carbocycles. The molecule has 0 bridgehead atoms. The second kappa shape index (κ2) is 10.5. The quantitative estimate of drug-likeness (QED) is 0.340. The molecular weight excluding hydrogens is 363 g/mol. The Labute approximate surface area is 129 Å². The average Bonchev–Trinajstić information content (AvgIpc) is 2.74. The molecule has 1 aromatic heterocycles. The molecule has 0 aromatic carbocycles. The summed E-state index contributed by atoms with van der Waals surface area (Å²) in [5.74, 6) is 0.776. The molecule has 0 aliphatic rings. The predicted molar refractivity (Wildman–Crippen MR) is 87.0 cm³/mol. The van der Waals surface area contributed by atoms with Crippen LogP contribution in [-0.4, -0.2) is 37.7 Å². The van der Waals surface area contributed by atoms with Crippen molar-refractivity contribution in [1.82, 2.24) is 15.6 Å². The first-order valence-electron chi connectivity index (χ1n) is 5.69. The first-order valence-corrected chi connectivity index (χ1v) is 6.51. The van der Waals surface area contributed by atoms with Gasteiger partial charge < -0.3 is 15.4 Å². The molecule has 1 rings (SSSR count). The largest absolute Gasteiger partial charge is 0.380 e. The molecule has 0 fully saturated rings. The molecule has 0 aliphatic carbocycles. The zero-order chi connectivity index (χ0) is 12.5. The van der Waals surface area contributed by atoms with Crippen molar-refractivity contribution in [3.8, 4) is 0 Å². The number of aromatic nitrogens is 1. The van der Waals surface area contributed by atoms with Crippen molar-refractivity contribution in [3.63, 3.8) is 0 Å². The van der Waals surface area contributed by atoms with Gasteiger partial charge in [-0.25, -0.2) is 4.98 Å². The number of nitrogens with one attached hydrogen (secondary N) is 2. The zero-order valence-electron chi connectivity index (χ0n) is 11.0. The van der Waals surface area contributed by atoms with Crippen LogP contribution in [0.15, 0.2) is 11.2 Å². The van der Waals surface area contributed by atoms with E-state index in [2.05, 4.69) is 27.5 Å². The van der Waals surface area contributed by atoms with Crippen LogP contribution in [0, 0.1) is 6.92 Å². The summed E-state index contributed by atoms with van der Waals surface area (Å²) in [5, 5.41) is 7.44. The summed E-state index contributed by atoms with van der Waals surface area (Å²) in [6.45, 7) is 6.92. The number of halogens is 1. The summed E-state index contributed by atoms with van der Waals surface area (Å²) in [6.07, 6.45) is 1.88. The lowest BCUT2D eigenvalue weighted by atomic mass is 10.6. The van der Waals surface area contributed by atoms with Crippen molar-refractivity contribution >= 4 is 41.3 Å². The van der Waals surface area contributed by atoms with Crippen LogP contribution in [0.4, 0.5) is 0 Å². The molecule has 0 saturated heterocycles. The molecule has 7 heteroatoms. The van der Waals surface area contributed by atoms with Gasteiger partial charge >= 0.3 is 0 Å². The standard InChI is InChI=1S/C11H20N4OS.HI/c1-4-16-6-5-13-11(12-3)15-8-10-14-7-9(2)17-10;/h7H,4-6,8H2,1-3H3,(H2,12,13,15);1H. The fourth-order valence-corrected chi connectivity index (χ4v) is 1.98. The molecular formula is C11H21IN4OS. The Balaban J connectivity index is 0.00000289. The highest BCUT2D eigenvalue weighted by atomic mass is 127. The maximum atomic E-state index is 5.24. The van der Waals surface area contributed by atoms with E-state index in [-0.39, 0.29) is 24.0 Å². The molecule has 1 aromatic rings. The lowest BCUT2D eigenvalue weighted by molar-refractivity contribution is 0.152. The summed E-state index contributed by atoms with van der Waals surface area (Å²) < 4.78 is 5.24. The third-order valence-electron chi connectivity index (χ3n) is 2.04. The molecule has 1 heterocycles. The topological polar surface area (TPSA) is 58.5 Å². The molecule has 0 aliphatic heterocycles. The van der Waals surface area contributed by atoms with E-state index in [4.69, 9.17) is 4.74 Å². The monoisotopic (exact) mass is 384 g/mol. The maximum absolute atomic E-state index is 5.24. The van der Waals surface area contributed by atoms with E-state index in [1.807, 2.05) is 13.1 Å². The number of guanidine groups is 1. The van der Waals surface area contributed by atoms with Crippen molar-refractivity contribution in [2.24, 2.45) is 4.99 Å². The first-order chi connectivity index (χ1) is 8.26. The van der Waals surface area contributed by atoms with Crippen molar-refractivity contribution in [3.05, 3.63) is 16.1 Å². The van der Waals surface area contributed by atoms with E-state index in [1.54, 1.807) is 18.4 Å². The van der Waals surface area contributed by atoms with Crippen molar-refractivity contribution in [1.29, 1.82) is 0 Å². The summed E-state index contributed by atoms with van der Waals surface area (Å²) in [5.41, 5.74) is 0. The van der Waals surface area contributed by atoms with E-state index in [0.29, 0.717) is 13.2 Å². The van der Waals surface area contributed by atoms with Crippen molar-refractivity contribution in [2.45, 2.75) is 20.4 Å². The highest BCUT2D eigenvalue weighted by molar-refractivity contribution is 14.0. The van der Waals surface area contributed by atoms with Gasteiger partial charge in [0.25, 0.3) is 0 Å². The van der Waals surface area contributed by atoms with Crippen LogP contribution in [0.25, 0.3) is 0 Å². The van der Waals surface area contributed by atoms with Crippen molar-refractivity contribution < 1.29 is 4.74 Å². The average molecular weight is 384 g/mol. The number of hydrogen-bond donors (Lipinski definition) is 2. The fourth-order valence-electron chi connectivity index (χ4n) is 1.25. The SMILES string of the molecule is CCOCCNC(=NC)NCc1ncc(C)s1.I. The Morgan fingerprint density at radius 3 is 2.83 bits per heavy atom. The number of rotatable bonds is 6. The van der Waals surface area contributed by atoms with Gasteiger partial charge in [0, 0.05) is 31.3 Å². The zero-order valence-corrected chi connectivity index (χ0v) is 14.2. The molecule has 0 unspecified atom stereocenters. The molecule has 0 spiro atoms. The summed E-state index contributed by atoms with van der Waals surface area (Å²) in [4.78, 5) is 9.63. The molecule has 104 valence electrons. The van der Waals surface area contributed by atoms with E-state index in [0.717, 1.165) is 24.1 Å². The van der Waals surface area contributed by atoms with Gasteiger partial charge in [0.1, 0.15) is 5.01 Å². The Morgan fingerprint density at radius 2 is 2.28 bits per heavy atom. The third-order valence-corrected chi connectivity index (χ3v) is 2.96. The molecule has 18 heavy (non-hydrogen) atoms. The van der Waals surface area contributed by atoms with E-state index in [1.165, 1.54) is 4.88 Å². The van der Waals surface area contributed by atoms with Crippen LogP contribution in [0.1, 0.15) is 16.8 Å². The summed E-state index contributed by atoms with van der Waals surface area (Å²) in [7, 11) is 1.75. The summed E-state index contributed by atoms with van der Waals surface area (Å²) >= 11 is 1.69. The smallest absolute Gasteiger partial charge is 0.191 e. The van der Waals surface area contributed by atoms with E-state index < -0.39 is 0 Å². The van der Waals surface area contributed by atoms with Gasteiger partial charge in [0.15, 0.2) is 5.96 Å². The fraction of sp³-hybridized carbons (Fsp3) is 0.636. The number of hydrogen-bond acceptors (Lipinski definition) is 4. The normalized spacial score (nSPS) is 10.9. The van der Waals surface area contributed by atoms with Gasteiger partial charge in [0.2, 0.25) is 0 Å². The van der Waals surface area contributed by atoms with Crippen LogP contribution >= 0.6 is 35.3 Å². The van der Waals surface area contributed by atoms with Crippen LogP contribution < -0.4 is 10.6 Å². The van der Waals surface area contributed by atoms with E-state index >= 15 is 0 Å². The lowest BCUT2D eigenvalue weighted by Gasteiger charge is -2.10. The minimum atomic E-state index is 0. The van der Waals surface area contributed by atoms with Crippen LogP contribution in [-0.2, 0) is 11.3 Å². The lowest BCUT2D eigenvalue weighted by Crippen LogP contribution is -2.38. The molecule has 2 N–H and O–H groups in total. The van der Waals surface area contributed by atoms with Crippen LogP contribution in [0.3, 0.4) is 0 Å². The Morgan fingerprint density at radius 1 is 1.50 bits per heavy atom. The third kappa shape index (κ3) is 7.12. The first kappa shape index (κ1) is 17.6. The molecule has 0 radical (unpaired) electrons. The second-order valence-corrected chi connectivity index (χ2v) is 4.73. The molecule has 0 amide bonds. The number of aliphatic imine (C=N–C) groups is 1. The van der Waals surface area contributed by atoms with E-state index in [9.17, 15) is 0 Å². The van der Waals surface area contributed by atoms with Gasteiger partial charge in [-0.2, -0.15) is 0 Å². The number of ether oxygens (including phenoxy) is 1. The highest BCUT2D eigenvalue weighted by Gasteiger charge is 2.00. The number of aryl methyl sites for hydroxylation is 1. The Kier molecular flexibility index (Phi) is 10.3. The maximum Gasteiger partial charge on any atom is 0.191 e. The highest BCUT2D eigenvalue weighted by Crippen LogP contribution is 2.10. The van der Waals surface area contributed by atoms with Gasteiger partial charge in [-0.1, -0.05) is 0 Å². The second-order valence-electron chi connectivity index (χ2n) is 3.41. The van der Waals surface area contributed by atoms with Crippen LogP contribution in [0.2, 0.25) is 0 Å².